The first-order valence-corrected chi connectivity index (χ1v) is 11.3. The normalized spacial score (nSPS) is 11.4. The van der Waals surface area contributed by atoms with Crippen molar-refractivity contribution in [2.75, 3.05) is 5.75 Å². The Morgan fingerprint density at radius 1 is 0.871 bits per heavy atom. The van der Waals surface area contributed by atoms with E-state index in [1.165, 1.54) is 5.56 Å². The molecule has 5 nitrogen and oxygen atoms in total. The summed E-state index contributed by atoms with van der Waals surface area (Å²) in [4.78, 5) is 13.4. The lowest BCUT2D eigenvalue weighted by Crippen LogP contribution is -2.22. The van der Waals surface area contributed by atoms with Crippen molar-refractivity contribution >= 4 is 28.4 Å². The van der Waals surface area contributed by atoms with E-state index in [9.17, 15) is 4.79 Å². The highest BCUT2D eigenvalue weighted by Gasteiger charge is 2.18. The minimum absolute atomic E-state index is 0.0783. The van der Waals surface area contributed by atoms with Crippen LogP contribution in [0.15, 0.2) is 88.8 Å². The molecule has 6 heteroatoms. The molecule has 0 aliphatic carbocycles. The Morgan fingerprint density at radius 2 is 1.61 bits per heavy atom. The highest BCUT2D eigenvalue weighted by atomic mass is 32.2. The third-order valence-electron chi connectivity index (χ3n) is 5.43. The van der Waals surface area contributed by atoms with Gasteiger partial charge in [-0.15, -0.1) is 10.2 Å². The molecule has 0 aliphatic heterocycles. The van der Waals surface area contributed by atoms with Crippen LogP contribution in [-0.4, -0.2) is 24.9 Å². The summed E-state index contributed by atoms with van der Waals surface area (Å²) in [5.41, 5.74) is 3.94. The molecule has 0 aliphatic rings. The Kier molecular flexibility index (Phi) is 5.30. The molecule has 0 spiro atoms. The lowest BCUT2D eigenvalue weighted by Gasteiger charge is -2.13. The van der Waals surface area contributed by atoms with E-state index >= 15 is 0 Å². The van der Waals surface area contributed by atoms with Crippen molar-refractivity contribution in [2.45, 2.75) is 24.9 Å². The van der Waals surface area contributed by atoms with Crippen LogP contribution in [0.25, 0.3) is 22.4 Å². The van der Waals surface area contributed by atoms with Crippen molar-refractivity contribution in [1.82, 2.24) is 19.2 Å². The van der Waals surface area contributed by atoms with Gasteiger partial charge in [-0.1, -0.05) is 72.4 Å². The van der Waals surface area contributed by atoms with Crippen LogP contribution in [0.4, 0.5) is 0 Å². The predicted octanol–water partition coefficient (Wildman–Crippen LogP) is 5.07. The maximum Gasteiger partial charge on any atom is 0.267 e. The van der Waals surface area contributed by atoms with Gasteiger partial charge in [0.2, 0.25) is 5.78 Å². The number of benzene rings is 3. The van der Waals surface area contributed by atoms with Gasteiger partial charge in [0.15, 0.2) is 5.16 Å². The highest BCUT2D eigenvalue weighted by Crippen LogP contribution is 2.24. The topological polar surface area (TPSA) is 52.2 Å². The second-order valence-electron chi connectivity index (χ2n) is 7.50. The molecule has 154 valence electrons. The molecule has 2 aromatic heterocycles. The van der Waals surface area contributed by atoms with Crippen LogP contribution in [0.5, 0.6) is 0 Å². The first-order valence-electron chi connectivity index (χ1n) is 10.4. The van der Waals surface area contributed by atoms with Crippen LogP contribution in [0.1, 0.15) is 17.5 Å². The molecule has 0 saturated carbocycles. The van der Waals surface area contributed by atoms with Crippen molar-refractivity contribution < 1.29 is 0 Å². The number of nitrogens with zero attached hydrogens (tertiary/aromatic N) is 4. The maximum atomic E-state index is 13.4. The van der Waals surface area contributed by atoms with Crippen LogP contribution < -0.4 is 5.56 Å². The minimum atomic E-state index is -0.0783. The van der Waals surface area contributed by atoms with E-state index in [-0.39, 0.29) is 5.56 Å². The average Bonchev–Trinajstić information content (AvgIpc) is 3.22. The van der Waals surface area contributed by atoms with Crippen LogP contribution >= 0.6 is 11.8 Å². The zero-order chi connectivity index (χ0) is 21.2. The molecule has 2 heterocycles. The Hall–Kier alpha value is -3.38. The van der Waals surface area contributed by atoms with Crippen LogP contribution in [-0.2, 0) is 6.42 Å². The van der Waals surface area contributed by atoms with Gasteiger partial charge < -0.3 is 0 Å². The minimum Gasteiger partial charge on any atom is -0.268 e. The number of thioether (sulfide) groups is 1. The van der Waals surface area contributed by atoms with Crippen molar-refractivity contribution in [3.05, 3.63) is 100 Å². The van der Waals surface area contributed by atoms with E-state index in [2.05, 4.69) is 34.5 Å². The third-order valence-corrected chi connectivity index (χ3v) is 6.45. The zero-order valence-electron chi connectivity index (χ0n) is 17.2. The number of hydrogen-bond acceptors (Lipinski definition) is 4. The fraction of sp³-hybridized carbons (Fsp3) is 0.160. The second kappa shape index (κ2) is 8.40. The number of aryl methyl sites for hydroxylation is 2. The first kappa shape index (κ1) is 19.6. The van der Waals surface area contributed by atoms with Gasteiger partial charge in [0, 0.05) is 5.75 Å². The second-order valence-corrected chi connectivity index (χ2v) is 8.56. The number of rotatable bonds is 6. The van der Waals surface area contributed by atoms with Gasteiger partial charge in [-0.3, -0.25) is 9.20 Å². The highest BCUT2D eigenvalue weighted by molar-refractivity contribution is 7.99. The molecule has 31 heavy (non-hydrogen) atoms. The summed E-state index contributed by atoms with van der Waals surface area (Å²) in [5, 5.41) is 10.4. The molecule has 0 saturated heterocycles. The summed E-state index contributed by atoms with van der Waals surface area (Å²) in [5.74, 6) is 1.47. The van der Waals surface area contributed by atoms with Crippen LogP contribution in [0.2, 0.25) is 0 Å². The van der Waals surface area contributed by atoms with Crippen LogP contribution in [0, 0.1) is 6.92 Å². The van der Waals surface area contributed by atoms with Gasteiger partial charge in [-0.2, -0.15) is 0 Å². The molecule has 0 N–H and O–H groups in total. The summed E-state index contributed by atoms with van der Waals surface area (Å²) in [6, 6.07) is 26.1. The molecule has 0 unspecified atom stereocenters. The van der Waals surface area contributed by atoms with E-state index in [4.69, 9.17) is 0 Å². The standard InChI is InChI=1S/C25H22N4OS/c1-18-10-5-7-15-21(18)28-23(30)20-14-6-8-16-22(20)29-24(28)26-27-25(29)31-17-9-13-19-11-3-2-4-12-19/h2-8,10-12,14-16H,9,13,17H2,1H3. The Bertz CT molecular complexity index is 1420. The molecular weight excluding hydrogens is 404 g/mol. The first-order chi connectivity index (χ1) is 15.2. The number of fused-ring (bicyclic) bond motifs is 3. The van der Waals surface area contributed by atoms with E-state index in [1.54, 1.807) is 16.3 Å². The SMILES string of the molecule is Cc1ccccc1-n1c(=O)c2ccccc2n2c(SCCCc3ccccc3)nnc12. The van der Waals surface area contributed by atoms with Crippen molar-refractivity contribution in [1.29, 1.82) is 0 Å². The van der Waals surface area contributed by atoms with Gasteiger partial charge in [0.1, 0.15) is 0 Å². The Balaban J connectivity index is 1.57. The number of aromatic nitrogens is 4. The lowest BCUT2D eigenvalue weighted by molar-refractivity contribution is 0.905. The molecule has 0 fully saturated rings. The van der Waals surface area contributed by atoms with Gasteiger partial charge in [0.05, 0.1) is 16.6 Å². The molecule has 3 aromatic carbocycles. The monoisotopic (exact) mass is 426 g/mol. The lowest BCUT2D eigenvalue weighted by atomic mass is 10.1. The van der Waals surface area contributed by atoms with Crippen molar-refractivity contribution in [3.63, 3.8) is 0 Å². The fourth-order valence-electron chi connectivity index (χ4n) is 3.89. The molecule has 0 radical (unpaired) electrons. The average molecular weight is 427 g/mol. The van der Waals surface area contributed by atoms with Gasteiger partial charge in [-0.05, 0) is 49.1 Å². The Labute approximate surface area is 184 Å². The Morgan fingerprint density at radius 3 is 2.45 bits per heavy atom. The number of hydrogen-bond donors (Lipinski definition) is 0. The maximum absolute atomic E-state index is 13.4. The molecule has 0 amide bonds. The van der Waals surface area contributed by atoms with E-state index < -0.39 is 0 Å². The van der Waals surface area contributed by atoms with Gasteiger partial charge in [-0.25, -0.2) is 4.57 Å². The fourth-order valence-corrected chi connectivity index (χ4v) is 4.77. The molecule has 0 atom stereocenters. The summed E-state index contributed by atoms with van der Waals surface area (Å²) < 4.78 is 3.69. The predicted molar refractivity (Wildman–Crippen MR) is 126 cm³/mol. The largest absolute Gasteiger partial charge is 0.268 e. The summed E-state index contributed by atoms with van der Waals surface area (Å²) in [7, 11) is 0. The number of para-hydroxylation sites is 2. The molecular formula is C25H22N4OS. The summed E-state index contributed by atoms with van der Waals surface area (Å²) in [6.07, 6.45) is 2.07. The smallest absolute Gasteiger partial charge is 0.267 e. The van der Waals surface area contributed by atoms with Crippen LogP contribution in [0.3, 0.4) is 0 Å². The summed E-state index contributed by atoms with van der Waals surface area (Å²) in [6.45, 7) is 2.00. The molecule has 0 bridgehead atoms. The quantitative estimate of drug-likeness (QED) is 0.281. The summed E-state index contributed by atoms with van der Waals surface area (Å²) >= 11 is 1.68. The van der Waals surface area contributed by atoms with E-state index in [0.717, 1.165) is 40.5 Å². The molecule has 5 aromatic rings. The van der Waals surface area contributed by atoms with E-state index in [0.29, 0.717) is 11.2 Å². The zero-order valence-corrected chi connectivity index (χ0v) is 18.0. The van der Waals surface area contributed by atoms with E-state index in [1.807, 2.05) is 65.9 Å². The third kappa shape index (κ3) is 3.64. The molecule has 5 rings (SSSR count). The van der Waals surface area contributed by atoms with Crippen molar-refractivity contribution in [2.24, 2.45) is 0 Å². The van der Waals surface area contributed by atoms with Gasteiger partial charge >= 0.3 is 0 Å². The van der Waals surface area contributed by atoms with Gasteiger partial charge in [0.25, 0.3) is 5.56 Å². The van der Waals surface area contributed by atoms with Crippen molar-refractivity contribution in [3.8, 4) is 5.69 Å².